The number of imidazole rings is 1. The lowest BCUT2D eigenvalue weighted by Crippen LogP contribution is -2.42. The Balaban J connectivity index is 1.66. The van der Waals surface area contributed by atoms with E-state index in [1.165, 1.54) is 179 Å². The Morgan fingerprint density at radius 3 is 1.38 bits per heavy atom. The molecule has 0 aliphatic rings. The van der Waals surface area contributed by atoms with Gasteiger partial charge in [-0.25, -0.2) is 4.57 Å². The van der Waals surface area contributed by atoms with Crippen molar-refractivity contribution in [2.75, 3.05) is 0 Å². The zero-order valence-electron chi connectivity index (χ0n) is 28.3. The molecule has 2 rings (SSSR count). The number of unbranched alkanes of at least 4 members (excludes halogenated alkanes) is 22. The summed E-state index contributed by atoms with van der Waals surface area (Å²) in [7, 11) is 0. The molecule has 1 aromatic heterocycles. The number of nitrogens with one attached hydrogen (secondary N) is 1. The fourth-order valence-electron chi connectivity index (χ4n) is 6.93. The number of aromatic amines is 1. The average Bonchev–Trinajstić information content (AvgIpc) is 3.55. The van der Waals surface area contributed by atoms with Crippen LogP contribution in [0.25, 0.3) is 0 Å². The van der Waals surface area contributed by atoms with Gasteiger partial charge in [0, 0.05) is 5.92 Å². The quantitative estimate of drug-likeness (QED) is 0.0701. The first-order chi connectivity index (χ1) is 20.8. The van der Waals surface area contributed by atoms with Gasteiger partial charge in [0.2, 0.25) is 6.33 Å². The highest BCUT2D eigenvalue weighted by Gasteiger charge is 2.26. The van der Waals surface area contributed by atoms with Crippen molar-refractivity contribution in [3.63, 3.8) is 0 Å². The van der Waals surface area contributed by atoms with E-state index < -0.39 is 0 Å². The number of H-pyrrole nitrogens is 1. The predicted octanol–water partition coefficient (Wildman–Crippen LogP) is 12.9. The van der Waals surface area contributed by atoms with Crippen molar-refractivity contribution >= 4 is 0 Å². The van der Waals surface area contributed by atoms with Crippen LogP contribution in [-0.2, 0) is 6.42 Å². The maximum Gasteiger partial charge on any atom is 0.241 e. The molecule has 0 aliphatic carbocycles. The second-order valence-electron chi connectivity index (χ2n) is 13.4. The highest BCUT2D eigenvalue weighted by Crippen LogP contribution is 2.29. The van der Waals surface area contributed by atoms with Gasteiger partial charge < -0.3 is 0 Å². The second kappa shape index (κ2) is 27.0. The molecule has 0 saturated heterocycles. The van der Waals surface area contributed by atoms with Crippen LogP contribution in [0.5, 0.6) is 0 Å². The average molecular weight is 580 g/mol. The van der Waals surface area contributed by atoms with Crippen LogP contribution in [-0.4, -0.2) is 4.98 Å². The molecule has 2 aromatic rings. The van der Waals surface area contributed by atoms with Gasteiger partial charge in [-0.2, -0.15) is 0 Å². The lowest BCUT2D eigenvalue weighted by molar-refractivity contribution is -0.730. The molecule has 0 spiro atoms. The van der Waals surface area contributed by atoms with E-state index in [4.69, 9.17) is 0 Å². The zero-order valence-corrected chi connectivity index (χ0v) is 28.3. The molecule has 0 amide bonds. The first-order valence-electron chi connectivity index (χ1n) is 18.9. The van der Waals surface area contributed by atoms with E-state index in [-0.39, 0.29) is 0 Å². The van der Waals surface area contributed by atoms with E-state index in [0.29, 0.717) is 12.0 Å². The lowest BCUT2D eigenvalue weighted by atomic mass is 9.84. The summed E-state index contributed by atoms with van der Waals surface area (Å²) in [6.07, 6.45) is 44.8. The van der Waals surface area contributed by atoms with E-state index in [0.717, 1.165) is 0 Å². The van der Waals surface area contributed by atoms with E-state index in [2.05, 4.69) is 72.5 Å². The fourth-order valence-corrected chi connectivity index (χ4v) is 6.93. The van der Waals surface area contributed by atoms with Crippen LogP contribution in [0, 0.1) is 5.92 Å². The highest BCUT2D eigenvalue weighted by atomic mass is 15.1. The molecule has 0 radical (unpaired) electrons. The van der Waals surface area contributed by atoms with Gasteiger partial charge in [-0.05, 0) is 31.2 Å². The molecule has 0 fully saturated rings. The maximum atomic E-state index is 3.35. The third-order valence-electron chi connectivity index (χ3n) is 9.62. The second-order valence-corrected chi connectivity index (χ2v) is 13.4. The summed E-state index contributed by atoms with van der Waals surface area (Å²) in [6, 6.07) is 11.9. The van der Waals surface area contributed by atoms with Crippen molar-refractivity contribution in [2.24, 2.45) is 5.92 Å². The van der Waals surface area contributed by atoms with Crippen molar-refractivity contribution < 1.29 is 4.57 Å². The van der Waals surface area contributed by atoms with Gasteiger partial charge >= 0.3 is 0 Å². The number of nitrogens with zero attached hydrogens (tertiary/aromatic N) is 1. The highest BCUT2D eigenvalue weighted by molar-refractivity contribution is 5.15. The molecule has 0 saturated carbocycles. The zero-order chi connectivity index (χ0) is 29.8. The number of hydrogen-bond donors (Lipinski definition) is 1. The third-order valence-corrected chi connectivity index (χ3v) is 9.62. The molecule has 1 N–H and O–H groups in total. The summed E-state index contributed by atoms with van der Waals surface area (Å²) >= 11 is 0. The van der Waals surface area contributed by atoms with Gasteiger partial charge in [-0.15, -0.1) is 0 Å². The molecular weight excluding hydrogens is 508 g/mol. The Kier molecular flexibility index (Phi) is 23.6. The predicted molar refractivity (Wildman–Crippen MR) is 185 cm³/mol. The normalized spacial score (nSPS) is 13.0. The van der Waals surface area contributed by atoms with Crippen LogP contribution >= 0.6 is 0 Å². The van der Waals surface area contributed by atoms with Crippen molar-refractivity contribution in [3.8, 4) is 0 Å². The van der Waals surface area contributed by atoms with Gasteiger partial charge in [-0.3, -0.25) is 4.98 Å². The topological polar surface area (TPSA) is 19.7 Å². The standard InChI is InChI=1S/C40H70N2/c1-3-5-7-9-11-13-14-15-16-17-18-19-20-22-24-29-33-40(42-35-34-41-37-42)39(36-38-30-26-25-27-31-38)32-28-23-21-12-10-8-6-4-2/h25-27,30-31,34-35,37,39-40H,3-24,28-29,32-33,36H2,1-2H3/p+1. The smallest absolute Gasteiger partial charge is 0.241 e. The summed E-state index contributed by atoms with van der Waals surface area (Å²) in [6.45, 7) is 4.62. The summed E-state index contributed by atoms with van der Waals surface area (Å²) < 4.78 is 2.50. The van der Waals surface area contributed by atoms with Crippen LogP contribution in [0.15, 0.2) is 49.1 Å². The van der Waals surface area contributed by atoms with Crippen LogP contribution in [0.4, 0.5) is 0 Å². The largest absolute Gasteiger partial charge is 0.250 e. The van der Waals surface area contributed by atoms with Gasteiger partial charge in [0.25, 0.3) is 0 Å². The molecule has 2 atom stereocenters. The van der Waals surface area contributed by atoms with Crippen LogP contribution in [0.2, 0.25) is 0 Å². The van der Waals surface area contributed by atoms with Crippen molar-refractivity contribution in [2.45, 2.75) is 193 Å². The van der Waals surface area contributed by atoms with Crippen LogP contribution in [0.1, 0.15) is 192 Å². The molecule has 2 nitrogen and oxygen atoms in total. The molecular formula is C40H71N2+. The molecule has 1 heterocycles. The third kappa shape index (κ3) is 18.9. The van der Waals surface area contributed by atoms with Crippen LogP contribution < -0.4 is 4.57 Å². The lowest BCUT2D eigenvalue weighted by Gasteiger charge is -2.25. The van der Waals surface area contributed by atoms with Crippen molar-refractivity contribution in [1.82, 2.24) is 4.98 Å². The molecule has 2 heteroatoms. The van der Waals surface area contributed by atoms with Gasteiger partial charge in [0.1, 0.15) is 18.4 Å². The van der Waals surface area contributed by atoms with E-state index in [9.17, 15) is 0 Å². The Labute approximate surface area is 262 Å². The molecule has 2 unspecified atom stereocenters. The SMILES string of the molecule is CCCCCCCCCCCCCCCCCCC(C(CCCCCCCCCC)Cc1ccccc1)[n+]1cc[nH]c1. The molecule has 0 aliphatic heterocycles. The van der Waals surface area contributed by atoms with Gasteiger partial charge in [0.15, 0.2) is 0 Å². The summed E-state index contributed by atoms with van der Waals surface area (Å²) in [5.74, 6) is 0.713. The van der Waals surface area contributed by atoms with E-state index >= 15 is 0 Å². The van der Waals surface area contributed by atoms with E-state index in [1.54, 1.807) is 0 Å². The monoisotopic (exact) mass is 580 g/mol. The van der Waals surface area contributed by atoms with Gasteiger partial charge in [0.05, 0.1) is 0 Å². The number of benzene rings is 1. The first-order valence-corrected chi connectivity index (χ1v) is 18.9. The molecule has 0 bridgehead atoms. The number of rotatable bonds is 30. The number of hydrogen-bond acceptors (Lipinski definition) is 0. The maximum absolute atomic E-state index is 3.35. The Hall–Kier alpha value is -1.57. The summed E-state index contributed by atoms with van der Waals surface area (Å²) in [4.78, 5) is 3.35. The molecule has 42 heavy (non-hydrogen) atoms. The first kappa shape index (κ1) is 36.6. The van der Waals surface area contributed by atoms with Crippen molar-refractivity contribution in [3.05, 3.63) is 54.6 Å². The minimum Gasteiger partial charge on any atom is -0.250 e. The Morgan fingerprint density at radius 2 is 0.952 bits per heavy atom. The fraction of sp³-hybridized carbons (Fsp3) is 0.775. The Morgan fingerprint density at radius 1 is 0.524 bits per heavy atom. The van der Waals surface area contributed by atoms with E-state index in [1.807, 2.05) is 0 Å². The van der Waals surface area contributed by atoms with Crippen molar-refractivity contribution in [1.29, 1.82) is 0 Å². The molecule has 240 valence electrons. The summed E-state index contributed by atoms with van der Waals surface area (Å²) in [5, 5.41) is 0. The summed E-state index contributed by atoms with van der Waals surface area (Å²) in [5.41, 5.74) is 1.51. The van der Waals surface area contributed by atoms with Gasteiger partial charge in [-0.1, -0.05) is 192 Å². The molecule has 1 aromatic carbocycles. The van der Waals surface area contributed by atoms with Crippen LogP contribution in [0.3, 0.4) is 0 Å². The minimum absolute atomic E-state index is 0.604. The minimum atomic E-state index is 0.604. The number of aromatic nitrogens is 2. The Bertz CT molecular complexity index is 783.